The fraction of sp³-hybridized carbons (Fsp3) is 0.929. The first kappa shape index (κ1) is 14.3. The van der Waals surface area contributed by atoms with Crippen molar-refractivity contribution in [3.05, 3.63) is 0 Å². The third-order valence-electron chi connectivity index (χ3n) is 4.43. The van der Waals surface area contributed by atoms with E-state index in [9.17, 15) is 4.79 Å². The maximum Gasteiger partial charge on any atom is 0.228 e. The van der Waals surface area contributed by atoms with Crippen molar-refractivity contribution >= 4 is 21.8 Å². The van der Waals surface area contributed by atoms with Crippen molar-refractivity contribution in [1.29, 1.82) is 0 Å². The van der Waals surface area contributed by atoms with Gasteiger partial charge in [0.15, 0.2) is 0 Å². The van der Waals surface area contributed by atoms with Gasteiger partial charge >= 0.3 is 0 Å². The molecule has 0 radical (unpaired) electrons. The number of alkyl halides is 1. The molecule has 3 nitrogen and oxygen atoms in total. The maximum atomic E-state index is 12.5. The molecule has 3 unspecified atom stereocenters. The number of hydrogen-bond acceptors (Lipinski definition) is 2. The molecule has 0 spiro atoms. The van der Waals surface area contributed by atoms with E-state index in [0.29, 0.717) is 10.7 Å². The molecule has 4 heteroatoms. The molecule has 0 aromatic rings. The minimum atomic E-state index is 0.118. The summed E-state index contributed by atoms with van der Waals surface area (Å²) < 4.78 is 5.63. The number of amides is 1. The highest BCUT2D eigenvalue weighted by Gasteiger charge is 2.36. The van der Waals surface area contributed by atoms with Crippen LogP contribution in [0.1, 0.15) is 39.5 Å². The van der Waals surface area contributed by atoms with Gasteiger partial charge in [-0.3, -0.25) is 4.79 Å². The molecule has 2 rings (SSSR count). The second kappa shape index (κ2) is 6.38. The topological polar surface area (TPSA) is 29.5 Å². The molecule has 2 saturated heterocycles. The lowest BCUT2D eigenvalue weighted by atomic mass is 9.92. The molecule has 2 aliphatic rings. The second-order valence-electron chi connectivity index (χ2n) is 5.55. The number of ether oxygens (including phenoxy) is 1. The summed E-state index contributed by atoms with van der Waals surface area (Å²) in [6.07, 6.45) is 4.27. The summed E-state index contributed by atoms with van der Waals surface area (Å²) in [4.78, 5) is 15.1. The van der Waals surface area contributed by atoms with E-state index in [-0.39, 0.29) is 12.0 Å². The molecule has 0 N–H and O–H groups in total. The van der Waals surface area contributed by atoms with Gasteiger partial charge < -0.3 is 9.64 Å². The molecule has 0 aromatic heterocycles. The minimum absolute atomic E-state index is 0.118. The Balaban J connectivity index is 1.87. The third-order valence-corrected chi connectivity index (χ3v) is 5.18. The molecular weight excluding hydrogens is 294 g/mol. The van der Waals surface area contributed by atoms with Crippen molar-refractivity contribution in [2.24, 2.45) is 11.8 Å². The number of carbonyl (C=O) groups is 1. The van der Waals surface area contributed by atoms with E-state index < -0.39 is 0 Å². The van der Waals surface area contributed by atoms with E-state index in [1.54, 1.807) is 0 Å². The molecule has 0 bridgehead atoms. The summed E-state index contributed by atoms with van der Waals surface area (Å²) in [5.74, 6) is 1.17. The highest BCUT2D eigenvalue weighted by atomic mass is 79.9. The van der Waals surface area contributed by atoms with Crippen molar-refractivity contribution in [2.45, 2.75) is 50.5 Å². The van der Waals surface area contributed by atoms with E-state index in [1.165, 1.54) is 0 Å². The highest BCUT2D eigenvalue weighted by molar-refractivity contribution is 9.09. The van der Waals surface area contributed by atoms with Crippen LogP contribution in [0.3, 0.4) is 0 Å². The lowest BCUT2D eigenvalue weighted by molar-refractivity contribution is -0.138. The Kier molecular flexibility index (Phi) is 5.07. The Morgan fingerprint density at radius 3 is 2.61 bits per heavy atom. The summed E-state index contributed by atoms with van der Waals surface area (Å²) in [5.41, 5.74) is 0. The fourth-order valence-corrected chi connectivity index (χ4v) is 3.68. The smallest absolute Gasteiger partial charge is 0.228 e. The van der Waals surface area contributed by atoms with Crippen molar-refractivity contribution in [1.82, 2.24) is 4.90 Å². The summed E-state index contributed by atoms with van der Waals surface area (Å²) >= 11 is 3.66. The Morgan fingerprint density at radius 1 is 1.39 bits per heavy atom. The number of halogens is 1. The standard InChI is InChI=1S/C14H24BrNO2/c1-3-13-12(6-9-18-13)14(17)16-7-4-11(5-8-16)10(2)15/h10-13H,3-9H2,1-2H3. The van der Waals surface area contributed by atoms with E-state index in [4.69, 9.17) is 4.74 Å². The van der Waals surface area contributed by atoms with Crippen LogP contribution in [0.2, 0.25) is 0 Å². The summed E-state index contributed by atoms with van der Waals surface area (Å²) in [7, 11) is 0. The van der Waals surface area contributed by atoms with E-state index in [1.807, 2.05) is 0 Å². The van der Waals surface area contributed by atoms with Crippen LogP contribution in [0.5, 0.6) is 0 Å². The van der Waals surface area contributed by atoms with Crippen LogP contribution in [-0.4, -0.2) is 41.4 Å². The Hall–Kier alpha value is -0.0900. The largest absolute Gasteiger partial charge is 0.377 e. The van der Waals surface area contributed by atoms with Crippen LogP contribution in [0.4, 0.5) is 0 Å². The Labute approximate surface area is 118 Å². The van der Waals surface area contributed by atoms with Gasteiger partial charge in [0, 0.05) is 24.5 Å². The Morgan fingerprint density at radius 2 is 2.06 bits per heavy atom. The van der Waals surface area contributed by atoms with Gasteiger partial charge in [-0.05, 0) is 31.6 Å². The van der Waals surface area contributed by atoms with Gasteiger partial charge in [0.25, 0.3) is 0 Å². The molecule has 0 saturated carbocycles. The molecule has 104 valence electrons. The first-order valence-electron chi connectivity index (χ1n) is 7.18. The maximum absolute atomic E-state index is 12.5. The zero-order valence-corrected chi connectivity index (χ0v) is 13.0. The number of rotatable bonds is 3. The predicted molar refractivity (Wildman–Crippen MR) is 75.8 cm³/mol. The van der Waals surface area contributed by atoms with Crippen molar-refractivity contribution in [3.8, 4) is 0 Å². The lowest BCUT2D eigenvalue weighted by Crippen LogP contribution is -2.44. The number of nitrogens with zero attached hydrogens (tertiary/aromatic N) is 1. The number of hydrogen-bond donors (Lipinski definition) is 0. The number of piperidine rings is 1. The van der Waals surface area contributed by atoms with Crippen molar-refractivity contribution in [3.63, 3.8) is 0 Å². The average Bonchev–Trinajstić information content (AvgIpc) is 2.86. The van der Waals surface area contributed by atoms with E-state index in [0.717, 1.165) is 51.3 Å². The highest BCUT2D eigenvalue weighted by Crippen LogP contribution is 2.29. The van der Waals surface area contributed by atoms with Crippen LogP contribution in [0.15, 0.2) is 0 Å². The fourth-order valence-electron chi connectivity index (χ4n) is 3.15. The molecule has 18 heavy (non-hydrogen) atoms. The minimum Gasteiger partial charge on any atom is -0.377 e. The van der Waals surface area contributed by atoms with Crippen LogP contribution in [-0.2, 0) is 9.53 Å². The summed E-state index contributed by atoms with van der Waals surface area (Å²) in [6, 6.07) is 0. The molecule has 2 fully saturated rings. The van der Waals surface area contributed by atoms with Gasteiger partial charge in [-0.1, -0.05) is 29.8 Å². The molecule has 3 atom stereocenters. The molecule has 0 aliphatic carbocycles. The molecule has 0 aromatic carbocycles. The second-order valence-corrected chi connectivity index (χ2v) is 7.00. The normalized spacial score (nSPS) is 31.6. The zero-order chi connectivity index (χ0) is 13.1. The first-order chi connectivity index (χ1) is 8.63. The summed E-state index contributed by atoms with van der Waals surface area (Å²) in [6.45, 7) is 6.91. The van der Waals surface area contributed by atoms with Crippen LogP contribution in [0, 0.1) is 11.8 Å². The third kappa shape index (κ3) is 3.08. The van der Waals surface area contributed by atoms with Crippen LogP contribution < -0.4 is 0 Å². The van der Waals surface area contributed by atoms with Crippen molar-refractivity contribution in [2.75, 3.05) is 19.7 Å². The van der Waals surface area contributed by atoms with Gasteiger partial charge in [0.1, 0.15) is 0 Å². The van der Waals surface area contributed by atoms with E-state index >= 15 is 0 Å². The monoisotopic (exact) mass is 317 g/mol. The van der Waals surface area contributed by atoms with Gasteiger partial charge in [-0.25, -0.2) is 0 Å². The summed E-state index contributed by atoms with van der Waals surface area (Å²) in [5, 5.41) is 0. The molecule has 2 heterocycles. The van der Waals surface area contributed by atoms with Gasteiger partial charge in [0.05, 0.1) is 12.0 Å². The number of likely N-dealkylation sites (tertiary alicyclic amines) is 1. The van der Waals surface area contributed by atoms with Gasteiger partial charge in [-0.2, -0.15) is 0 Å². The number of carbonyl (C=O) groups excluding carboxylic acids is 1. The first-order valence-corrected chi connectivity index (χ1v) is 8.09. The van der Waals surface area contributed by atoms with Crippen molar-refractivity contribution < 1.29 is 9.53 Å². The quantitative estimate of drug-likeness (QED) is 0.749. The Bertz CT molecular complexity index is 288. The SMILES string of the molecule is CCC1OCCC1C(=O)N1CCC(C(C)Br)CC1. The van der Waals surface area contributed by atoms with E-state index in [2.05, 4.69) is 34.7 Å². The van der Waals surface area contributed by atoms with Gasteiger partial charge in [-0.15, -0.1) is 0 Å². The lowest BCUT2D eigenvalue weighted by Gasteiger charge is -2.35. The predicted octanol–water partition coefficient (Wildman–Crippen LogP) is 2.82. The zero-order valence-electron chi connectivity index (χ0n) is 11.4. The van der Waals surface area contributed by atoms with Crippen LogP contribution in [0.25, 0.3) is 0 Å². The van der Waals surface area contributed by atoms with Gasteiger partial charge in [0.2, 0.25) is 5.91 Å². The molecular formula is C14H24BrNO2. The average molecular weight is 318 g/mol. The van der Waals surface area contributed by atoms with Crippen LogP contribution >= 0.6 is 15.9 Å². The molecule has 1 amide bonds. The molecule has 2 aliphatic heterocycles.